The van der Waals surface area contributed by atoms with Gasteiger partial charge in [0, 0.05) is 12.0 Å². The van der Waals surface area contributed by atoms with E-state index in [2.05, 4.69) is 115 Å². The molecule has 0 atom stereocenters. The molecule has 1 heterocycles. The Bertz CT molecular complexity index is 2480. The summed E-state index contributed by atoms with van der Waals surface area (Å²) >= 11 is 0. The van der Waals surface area contributed by atoms with Crippen molar-refractivity contribution < 1.29 is 0 Å². The van der Waals surface area contributed by atoms with Crippen LogP contribution in [0.4, 0.5) is 0 Å². The first-order valence-corrected chi connectivity index (χ1v) is 16.0. The lowest BCUT2D eigenvalue weighted by atomic mass is 9.59. The maximum Gasteiger partial charge on any atom is 0.114 e. The number of hydrogen-bond acceptors (Lipinski definition) is 1. The highest BCUT2D eigenvalue weighted by molar-refractivity contribution is 6.68. The molecule has 0 aliphatic heterocycles. The summed E-state index contributed by atoms with van der Waals surface area (Å²) in [6.07, 6.45) is 0.806. The largest absolute Gasteiger partial charge is 0.296 e. The van der Waals surface area contributed by atoms with E-state index < -0.39 is 0 Å². The monoisotopic (exact) mass is 600 g/mol. The third-order valence-corrected chi connectivity index (χ3v) is 9.43. The first kappa shape index (κ1) is 30.2. The van der Waals surface area contributed by atoms with Crippen LogP contribution in [0, 0.1) is 0 Å². The van der Waals surface area contributed by atoms with Gasteiger partial charge >= 0.3 is 0 Å². The SMILES string of the molecule is [B]c1c([B])c([B])c(-c2cccc(-c3c4ccccc4c(-c4ccccc4-n4c(CC)nc5ccccc54)c4ccccc34)c2)c([B])c1[B]. The summed E-state index contributed by atoms with van der Waals surface area (Å²) in [7, 11) is 31.6. The number of imidazole rings is 1. The van der Waals surface area contributed by atoms with E-state index in [1.54, 1.807) is 0 Å². The number of hydrogen-bond donors (Lipinski definition) is 0. The van der Waals surface area contributed by atoms with Gasteiger partial charge in [-0.05, 0) is 73.6 Å². The van der Waals surface area contributed by atoms with Crippen LogP contribution in [-0.4, -0.2) is 48.8 Å². The number of para-hydroxylation sites is 3. The van der Waals surface area contributed by atoms with Crippen molar-refractivity contribution in [3.63, 3.8) is 0 Å². The van der Waals surface area contributed by atoms with Crippen molar-refractivity contribution in [3.05, 3.63) is 127 Å². The van der Waals surface area contributed by atoms with Crippen molar-refractivity contribution in [2.45, 2.75) is 13.3 Å². The Hall–Kier alpha value is -5.15. The van der Waals surface area contributed by atoms with Gasteiger partial charge in [0.25, 0.3) is 0 Å². The lowest BCUT2D eigenvalue weighted by Crippen LogP contribution is -2.55. The predicted octanol–water partition coefficient (Wildman–Crippen LogP) is 4.86. The highest BCUT2D eigenvalue weighted by atomic mass is 15.1. The van der Waals surface area contributed by atoms with Gasteiger partial charge in [0.2, 0.25) is 0 Å². The lowest BCUT2D eigenvalue weighted by molar-refractivity contribution is 0.909. The summed E-state index contributed by atoms with van der Waals surface area (Å²) in [5, 5.41) is 4.54. The smallest absolute Gasteiger partial charge is 0.114 e. The molecule has 2 nitrogen and oxygen atoms in total. The van der Waals surface area contributed by atoms with Crippen LogP contribution in [0.2, 0.25) is 0 Å². The van der Waals surface area contributed by atoms with Crippen molar-refractivity contribution in [2.24, 2.45) is 0 Å². The first-order valence-electron chi connectivity index (χ1n) is 16.0. The van der Waals surface area contributed by atoms with Crippen LogP contribution in [-0.2, 0) is 6.42 Å². The number of fused-ring (bicyclic) bond motifs is 3. The molecule has 48 heavy (non-hydrogen) atoms. The fraction of sp³-hybridized carbons (Fsp3) is 0.0488. The standard InChI is InChI=1S/C41H25B5N2/c1-2-33-47-30-19-8-10-21-32(30)48(33)31-20-9-7-18-29(31)36-27-16-5-3-14-25(27)34(26-15-4-6-17-28(26)36)23-12-11-13-24(22-23)35-37(42)39(44)41(46)40(45)38(35)43/h3-22H,2H2,1H3. The minimum atomic E-state index is 0.201. The fourth-order valence-corrected chi connectivity index (χ4v) is 7.18. The zero-order valence-electron chi connectivity index (χ0n) is 26.5. The van der Waals surface area contributed by atoms with E-state index in [1.165, 1.54) is 5.56 Å². The van der Waals surface area contributed by atoms with Crippen molar-refractivity contribution >= 4 is 99.1 Å². The number of nitrogens with zero attached hydrogens (tertiary/aromatic N) is 2. The number of rotatable bonds is 5. The fourth-order valence-electron chi connectivity index (χ4n) is 7.18. The van der Waals surface area contributed by atoms with Crippen LogP contribution in [0.25, 0.3) is 71.6 Å². The maximum absolute atomic E-state index is 6.50. The molecule has 8 rings (SSSR count). The molecule has 1 aromatic heterocycles. The van der Waals surface area contributed by atoms with Crippen molar-refractivity contribution in [2.75, 3.05) is 0 Å². The third kappa shape index (κ3) is 4.59. The quantitative estimate of drug-likeness (QED) is 0.204. The molecule has 7 heteroatoms. The topological polar surface area (TPSA) is 17.8 Å². The number of aromatic nitrogens is 2. The molecule has 0 fully saturated rings. The van der Waals surface area contributed by atoms with Gasteiger partial charge in [0.05, 0.1) is 16.7 Å². The second-order valence-electron chi connectivity index (χ2n) is 12.1. The molecular formula is C41H25B5N2. The van der Waals surface area contributed by atoms with Gasteiger partial charge in [-0.2, -0.15) is 0 Å². The molecule has 0 saturated carbocycles. The Kier molecular flexibility index (Phi) is 7.44. The zero-order valence-corrected chi connectivity index (χ0v) is 26.5. The minimum absolute atomic E-state index is 0.201. The Balaban J connectivity index is 1.43. The van der Waals surface area contributed by atoms with E-state index in [0.717, 1.165) is 72.8 Å². The second kappa shape index (κ2) is 11.8. The zero-order chi connectivity index (χ0) is 33.1. The summed E-state index contributed by atoms with van der Waals surface area (Å²) in [6, 6.07) is 42.4. The molecule has 7 aromatic carbocycles. The van der Waals surface area contributed by atoms with Crippen LogP contribution in [0.1, 0.15) is 12.7 Å². The Labute approximate surface area is 287 Å². The van der Waals surface area contributed by atoms with E-state index in [4.69, 9.17) is 44.2 Å². The van der Waals surface area contributed by atoms with Crippen LogP contribution >= 0.6 is 0 Å². The van der Waals surface area contributed by atoms with Crippen molar-refractivity contribution in [1.29, 1.82) is 0 Å². The van der Waals surface area contributed by atoms with Gasteiger partial charge in [-0.3, -0.25) is 4.57 Å². The lowest BCUT2D eigenvalue weighted by Gasteiger charge is -2.23. The van der Waals surface area contributed by atoms with Gasteiger partial charge in [0.1, 0.15) is 45.1 Å². The summed E-state index contributed by atoms with van der Waals surface area (Å²) in [5.41, 5.74) is 10.3. The first-order chi connectivity index (χ1) is 23.4. The molecule has 0 amide bonds. The number of benzene rings is 7. The average molecular weight is 600 g/mol. The highest BCUT2D eigenvalue weighted by Crippen LogP contribution is 2.45. The minimum Gasteiger partial charge on any atom is -0.296 e. The molecule has 0 spiro atoms. The Morgan fingerprint density at radius 2 is 1.00 bits per heavy atom. The normalized spacial score (nSPS) is 11.5. The van der Waals surface area contributed by atoms with E-state index in [1.807, 2.05) is 18.2 Å². The molecule has 10 radical (unpaired) electrons. The van der Waals surface area contributed by atoms with Crippen LogP contribution < -0.4 is 27.3 Å². The molecule has 0 unspecified atom stereocenters. The van der Waals surface area contributed by atoms with Crippen molar-refractivity contribution in [1.82, 2.24) is 9.55 Å². The summed E-state index contributed by atoms with van der Waals surface area (Å²) in [6.45, 7) is 2.16. The molecule has 0 aliphatic carbocycles. The summed E-state index contributed by atoms with van der Waals surface area (Å²) in [4.78, 5) is 5.00. The van der Waals surface area contributed by atoms with E-state index in [0.29, 0.717) is 16.5 Å². The molecule has 0 N–H and O–H groups in total. The maximum atomic E-state index is 6.50. The molecule has 8 aromatic rings. The van der Waals surface area contributed by atoms with E-state index in [9.17, 15) is 0 Å². The molecule has 0 bridgehead atoms. The Morgan fingerprint density at radius 1 is 0.500 bits per heavy atom. The van der Waals surface area contributed by atoms with Gasteiger partial charge in [-0.25, -0.2) is 4.98 Å². The van der Waals surface area contributed by atoms with Crippen molar-refractivity contribution in [3.8, 4) is 39.1 Å². The van der Waals surface area contributed by atoms with Gasteiger partial charge in [-0.15, -0.1) is 16.4 Å². The van der Waals surface area contributed by atoms with Gasteiger partial charge in [-0.1, -0.05) is 115 Å². The van der Waals surface area contributed by atoms with Gasteiger partial charge in [0.15, 0.2) is 0 Å². The second-order valence-corrected chi connectivity index (χ2v) is 12.1. The number of aryl methyl sites for hydroxylation is 1. The third-order valence-electron chi connectivity index (χ3n) is 9.43. The molecule has 0 saturated heterocycles. The van der Waals surface area contributed by atoms with Gasteiger partial charge < -0.3 is 0 Å². The average Bonchev–Trinajstić information content (AvgIpc) is 3.51. The molecular weight excluding hydrogens is 575 g/mol. The van der Waals surface area contributed by atoms with E-state index >= 15 is 0 Å². The Morgan fingerprint density at radius 3 is 1.62 bits per heavy atom. The summed E-state index contributed by atoms with van der Waals surface area (Å²) < 4.78 is 2.31. The summed E-state index contributed by atoms with van der Waals surface area (Å²) in [5.74, 6) is 1.02. The van der Waals surface area contributed by atoms with E-state index in [-0.39, 0.29) is 16.4 Å². The predicted molar refractivity (Wildman–Crippen MR) is 209 cm³/mol. The van der Waals surface area contributed by atoms with Crippen LogP contribution in [0.5, 0.6) is 0 Å². The van der Waals surface area contributed by atoms with Crippen LogP contribution in [0.3, 0.4) is 0 Å². The molecule has 214 valence electrons. The molecule has 0 aliphatic rings. The van der Waals surface area contributed by atoms with Crippen LogP contribution in [0.15, 0.2) is 121 Å². The highest BCUT2D eigenvalue weighted by Gasteiger charge is 2.21.